The van der Waals surface area contributed by atoms with E-state index in [0.717, 1.165) is 0 Å². The number of hydrogen-bond donors (Lipinski definition) is 0. The van der Waals surface area contributed by atoms with E-state index in [4.69, 9.17) is 18.9 Å². The van der Waals surface area contributed by atoms with Crippen LogP contribution in [0.3, 0.4) is 0 Å². The van der Waals surface area contributed by atoms with Gasteiger partial charge in [0.05, 0.1) is 50.7 Å². The Bertz CT molecular complexity index is 1360. The minimum Gasteiger partial charge on any atom is -0.493 e. The summed E-state index contributed by atoms with van der Waals surface area (Å²) >= 11 is 0. The van der Waals surface area contributed by atoms with Gasteiger partial charge in [0.1, 0.15) is 5.56 Å². The molecular formula is C21H20N4O6. The van der Waals surface area contributed by atoms with Gasteiger partial charge in [-0.15, -0.1) is 0 Å². The first kappa shape index (κ1) is 20.2. The Hall–Kier alpha value is -4.08. The van der Waals surface area contributed by atoms with Crippen molar-refractivity contribution in [3.8, 4) is 22.9 Å². The number of aryl methyl sites for hydroxylation is 1. The number of carbonyl (C=O) groups excluding carboxylic acids is 1. The third-order valence-electron chi connectivity index (χ3n) is 5.00. The normalized spacial score (nSPS) is 11.0. The summed E-state index contributed by atoms with van der Waals surface area (Å²) < 4.78 is 23.9. The maximum Gasteiger partial charge on any atom is 0.343 e. The number of aromatic nitrogens is 4. The second-order valence-electron chi connectivity index (χ2n) is 6.62. The van der Waals surface area contributed by atoms with E-state index < -0.39 is 5.97 Å². The van der Waals surface area contributed by atoms with Crippen molar-refractivity contribution in [3.05, 3.63) is 52.2 Å². The monoisotopic (exact) mass is 424 g/mol. The van der Waals surface area contributed by atoms with Gasteiger partial charge >= 0.3 is 5.97 Å². The number of fused-ring (bicyclic) bond motifs is 3. The fraction of sp³-hybridized carbons (Fsp3) is 0.238. The highest BCUT2D eigenvalue weighted by molar-refractivity contribution is 5.98. The molecule has 160 valence electrons. The van der Waals surface area contributed by atoms with E-state index in [0.29, 0.717) is 45.2 Å². The van der Waals surface area contributed by atoms with Gasteiger partial charge in [-0.05, 0) is 13.0 Å². The van der Waals surface area contributed by atoms with E-state index in [9.17, 15) is 9.59 Å². The highest BCUT2D eigenvalue weighted by atomic mass is 16.5. The zero-order valence-electron chi connectivity index (χ0n) is 17.6. The summed E-state index contributed by atoms with van der Waals surface area (Å²) in [5, 5.41) is 4.70. The van der Waals surface area contributed by atoms with E-state index in [1.54, 1.807) is 31.3 Å². The molecule has 0 amide bonds. The molecule has 0 aliphatic carbocycles. The fourth-order valence-electron chi connectivity index (χ4n) is 3.53. The summed E-state index contributed by atoms with van der Waals surface area (Å²) in [6.45, 7) is 1.68. The Balaban J connectivity index is 1.97. The Kier molecular flexibility index (Phi) is 4.97. The largest absolute Gasteiger partial charge is 0.493 e. The van der Waals surface area contributed by atoms with Crippen molar-refractivity contribution < 1.29 is 23.7 Å². The summed E-state index contributed by atoms with van der Waals surface area (Å²) in [6.07, 6.45) is 3.04. The van der Waals surface area contributed by atoms with Crippen LogP contribution in [-0.2, 0) is 4.74 Å². The Labute approximate surface area is 176 Å². The molecule has 1 aromatic carbocycles. The first-order valence-corrected chi connectivity index (χ1v) is 9.23. The van der Waals surface area contributed by atoms with Crippen LogP contribution in [0.15, 0.2) is 35.4 Å². The summed E-state index contributed by atoms with van der Waals surface area (Å²) in [6, 6.07) is 5.07. The third-order valence-corrected chi connectivity index (χ3v) is 5.00. The van der Waals surface area contributed by atoms with Gasteiger partial charge in [0, 0.05) is 24.5 Å². The van der Waals surface area contributed by atoms with Crippen LogP contribution in [-0.4, -0.2) is 53.6 Å². The Morgan fingerprint density at radius 2 is 1.71 bits per heavy atom. The van der Waals surface area contributed by atoms with Gasteiger partial charge in [-0.1, -0.05) is 0 Å². The predicted molar refractivity (Wildman–Crippen MR) is 112 cm³/mol. The molecule has 10 nitrogen and oxygen atoms in total. The van der Waals surface area contributed by atoms with E-state index >= 15 is 0 Å². The molecule has 3 aromatic heterocycles. The number of benzene rings is 1. The first-order chi connectivity index (χ1) is 14.9. The van der Waals surface area contributed by atoms with Crippen LogP contribution < -0.4 is 19.8 Å². The molecule has 0 aliphatic heterocycles. The maximum absolute atomic E-state index is 13.3. The van der Waals surface area contributed by atoms with Crippen molar-refractivity contribution in [2.75, 3.05) is 28.4 Å². The van der Waals surface area contributed by atoms with Crippen LogP contribution in [0.25, 0.3) is 22.2 Å². The van der Waals surface area contributed by atoms with Crippen LogP contribution in [0.4, 0.5) is 0 Å². The Morgan fingerprint density at radius 3 is 2.29 bits per heavy atom. The number of carbonyl (C=O) groups is 1. The van der Waals surface area contributed by atoms with Gasteiger partial charge < -0.3 is 18.9 Å². The summed E-state index contributed by atoms with van der Waals surface area (Å²) in [5.74, 6) is 0.726. The van der Waals surface area contributed by atoms with Crippen LogP contribution >= 0.6 is 0 Å². The molecule has 0 fully saturated rings. The predicted octanol–water partition coefficient (Wildman–Crippen LogP) is 2.15. The fourth-order valence-corrected chi connectivity index (χ4v) is 3.53. The molecule has 31 heavy (non-hydrogen) atoms. The van der Waals surface area contributed by atoms with Crippen LogP contribution in [0, 0.1) is 6.92 Å². The molecular weight excluding hydrogens is 404 g/mol. The van der Waals surface area contributed by atoms with Gasteiger partial charge in [0.2, 0.25) is 5.75 Å². The number of ether oxygens (including phenoxy) is 4. The number of nitrogens with zero attached hydrogens (tertiary/aromatic N) is 4. The SMILES string of the molecule is COC(=O)c1c(C)nn2c1ncc1c(=O)n(-c3cc(OC)c(OC)c(OC)c3)ccc12. The molecule has 0 saturated carbocycles. The molecule has 0 aliphatic rings. The third kappa shape index (κ3) is 3.03. The van der Waals surface area contributed by atoms with E-state index in [-0.39, 0.29) is 11.1 Å². The minimum absolute atomic E-state index is 0.262. The van der Waals surface area contributed by atoms with Crippen molar-refractivity contribution in [1.82, 2.24) is 19.2 Å². The number of rotatable bonds is 5. The average Bonchev–Trinajstić information content (AvgIpc) is 3.13. The van der Waals surface area contributed by atoms with E-state index in [1.165, 1.54) is 43.7 Å². The summed E-state index contributed by atoms with van der Waals surface area (Å²) in [5.41, 5.74) is 1.75. The number of hydrogen-bond acceptors (Lipinski definition) is 8. The lowest BCUT2D eigenvalue weighted by molar-refractivity contribution is 0.0602. The van der Waals surface area contributed by atoms with Crippen LogP contribution in [0.2, 0.25) is 0 Å². The smallest absolute Gasteiger partial charge is 0.343 e. The van der Waals surface area contributed by atoms with Crippen molar-refractivity contribution in [2.45, 2.75) is 6.92 Å². The first-order valence-electron chi connectivity index (χ1n) is 9.23. The molecule has 0 atom stereocenters. The molecule has 4 rings (SSSR count). The molecule has 0 N–H and O–H groups in total. The maximum atomic E-state index is 13.3. The lowest BCUT2D eigenvalue weighted by atomic mass is 10.2. The van der Waals surface area contributed by atoms with Gasteiger partial charge in [-0.3, -0.25) is 9.36 Å². The molecule has 3 heterocycles. The van der Waals surface area contributed by atoms with Crippen molar-refractivity contribution >= 4 is 22.5 Å². The average molecular weight is 424 g/mol. The zero-order chi connectivity index (χ0) is 22.3. The highest BCUT2D eigenvalue weighted by Crippen LogP contribution is 2.39. The lowest BCUT2D eigenvalue weighted by Gasteiger charge is -2.15. The highest BCUT2D eigenvalue weighted by Gasteiger charge is 2.21. The number of esters is 1. The Morgan fingerprint density at radius 1 is 1.03 bits per heavy atom. The van der Waals surface area contributed by atoms with E-state index in [1.807, 2.05) is 0 Å². The summed E-state index contributed by atoms with van der Waals surface area (Å²) in [4.78, 5) is 29.7. The molecule has 0 radical (unpaired) electrons. The van der Waals surface area contributed by atoms with Gasteiger partial charge in [0.25, 0.3) is 5.56 Å². The van der Waals surface area contributed by atoms with Crippen molar-refractivity contribution in [2.24, 2.45) is 0 Å². The molecule has 4 aromatic rings. The quantitative estimate of drug-likeness (QED) is 0.449. The lowest BCUT2D eigenvalue weighted by Crippen LogP contribution is -2.19. The minimum atomic E-state index is -0.537. The zero-order valence-corrected chi connectivity index (χ0v) is 17.6. The summed E-state index contributed by atoms with van der Waals surface area (Å²) in [7, 11) is 5.81. The molecule has 0 unspecified atom stereocenters. The van der Waals surface area contributed by atoms with Gasteiger partial charge in [0.15, 0.2) is 17.1 Å². The van der Waals surface area contributed by atoms with Crippen LogP contribution in [0.1, 0.15) is 16.1 Å². The van der Waals surface area contributed by atoms with Gasteiger partial charge in [-0.25, -0.2) is 14.3 Å². The molecule has 0 spiro atoms. The number of pyridine rings is 1. The second kappa shape index (κ2) is 7.63. The standard InChI is InChI=1S/C21H20N4O6/c1-11-17(21(27)31-5)19-22-10-13-14(25(19)23-11)6-7-24(20(13)26)12-8-15(28-2)18(30-4)16(9-12)29-3/h6-10H,1-5H3. The molecule has 0 bridgehead atoms. The van der Waals surface area contributed by atoms with Crippen molar-refractivity contribution in [1.29, 1.82) is 0 Å². The molecule has 10 heteroatoms. The van der Waals surface area contributed by atoms with Gasteiger partial charge in [-0.2, -0.15) is 5.10 Å². The van der Waals surface area contributed by atoms with Crippen LogP contribution in [0.5, 0.6) is 17.2 Å². The molecule has 0 saturated heterocycles. The second-order valence-corrected chi connectivity index (χ2v) is 6.62. The van der Waals surface area contributed by atoms with Crippen molar-refractivity contribution in [3.63, 3.8) is 0 Å². The topological polar surface area (TPSA) is 106 Å². The van der Waals surface area contributed by atoms with E-state index in [2.05, 4.69) is 10.1 Å². The number of methoxy groups -OCH3 is 4.